The Morgan fingerprint density at radius 3 is 2.86 bits per heavy atom. The number of rotatable bonds is 7. The van der Waals surface area contributed by atoms with Crippen molar-refractivity contribution in [1.29, 1.82) is 0 Å². The van der Waals surface area contributed by atoms with Crippen LogP contribution in [0.2, 0.25) is 0 Å². The fourth-order valence-corrected chi connectivity index (χ4v) is 2.98. The van der Waals surface area contributed by atoms with Gasteiger partial charge in [0.15, 0.2) is 5.84 Å². The van der Waals surface area contributed by atoms with Crippen LogP contribution in [-0.2, 0) is 6.42 Å². The van der Waals surface area contributed by atoms with E-state index in [9.17, 15) is 4.39 Å². The van der Waals surface area contributed by atoms with Crippen molar-refractivity contribution < 1.29 is 13.7 Å². The van der Waals surface area contributed by atoms with Crippen molar-refractivity contribution in [2.75, 3.05) is 6.61 Å². The summed E-state index contributed by atoms with van der Waals surface area (Å²) in [5, 5.41) is 4.16. The molecule has 0 saturated carbocycles. The number of aliphatic imine (C=N–C) groups is 2. The second-order valence-corrected chi connectivity index (χ2v) is 6.54. The lowest BCUT2D eigenvalue weighted by Crippen LogP contribution is -2.07. The highest BCUT2D eigenvalue weighted by molar-refractivity contribution is 6.07. The summed E-state index contributed by atoms with van der Waals surface area (Å²) in [5.74, 6) is 1.59. The van der Waals surface area contributed by atoms with Crippen LogP contribution < -0.4 is 4.74 Å². The summed E-state index contributed by atoms with van der Waals surface area (Å²) in [5.41, 5.74) is 2.08. The first-order valence-corrected chi connectivity index (χ1v) is 9.28. The summed E-state index contributed by atoms with van der Waals surface area (Å²) in [6.07, 6.45) is 3.18. The van der Waals surface area contributed by atoms with Gasteiger partial charge in [0.1, 0.15) is 23.0 Å². The molecule has 0 bridgehead atoms. The molecule has 0 spiro atoms. The van der Waals surface area contributed by atoms with Crippen LogP contribution in [0.5, 0.6) is 5.75 Å². The number of aromatic nitrogens is 1. The van der Waals surface area contributed by atoms with E-state index in [-0.39, 0.29) is 11.9 Å². The van der Waals surface area contributed by atoms with Crippen molar-refractivity contribution >= 4 is 12.1 Å². The molecular weight excluding hydrogens is 357 g/mol. The van der Waals surface area contributed by atoms with Gasteiger partial charge in [-0.1, -0.05) is 36.3 Å². The van der Waals surface area contributed by atoms with E-state index in [0.29, 0.717) is 30.2 Å². The predicted octanol–water partition coefficient (Wildman–Crippen LogP) is 4.71. The van der Waals surface area contributed by atoms with Gasteiger partial charge in [-0.25, -0.2) is 9.38 Å². The maximum atomic E-state index is 13.9. The van der Waals surface area contributed by atoms with Crippen LogP contribution in [0.3, 0.4) is 0 Å². The lowest BCUT2D eigenvalue weighted by atomic mass is 10.1. The van der Waals surface area contributed by atoms with Crippen molar-refractivity contribution in [2.45, 2.75) is 25.8 Å². The number of halogens is 1. The van der Waals surface area contributed by atoms with E-state index < -0.39 is 0 Å². The predicted molar refractivity (Wildman–Crippen MR) is 107 cm³/mol. The van der Waals surface area contributed by atoms with Crippen LogP contribution in [0.25, 0.3) is 11.3 Å². The van der Waals surface area contributed by atoms with Crippen molar-refractivity contribution in [3.63, 3.8) is 0 Å². The summed E-state index contributed by atoms with van der Waals surface area (Å²) >= 11 is 0. The average molecular weight is 377 g/mol. The van der Waals surface area contributed by atoms with Crippen molar-refractivity contribution in [2.24, 2.45) is 9.98 Å². The average Bonchev–Trinajstić information content (AvgIpc) is 3.37. The van der Waals surface area contributed by atoms with Gasteiger partial charge in [-0.05, 0) is 30.7 Å². The first-order chi connectivity index (χ1) is 13.7. The maximum absolute atomic E-state index is 13.9. The highest BCUT2D eigenvalue weighted by atomic mass is 19.1. The first-order valence-electron chi connectivity index (χ1n) is 9.28. The van der Waals surface area contributed by atoms with Gasteiger partial charge in [0.25, 0.3) is 0 Å². The number of amidine groups is 1. The van der Waals surface area contributed by atoms with Crippen LogP contribution in [-0.4, -0.2) is 29.9 Å². The zero-order valence-corrected chi connectivity index (χ0v) is 15.5. The Bertz CT molecular complexity index is 1030. The third kappa shape index (κ3) is 4.01. The Balaban J connectivity index is 1.46. The van der Waals surface area contributed by atoms with Gasteiger partial charge >= 0.3 is 0 Å². The topological polar surface area (TPSA) is 60.0 Å². The van der Waals surface area contributed by atoms with Crippen LogP contribution in [0.1, 0.15) is 24.7 Å². The molecule has 0 aliphatic carbocycles. The molecule has 5 nitrogen and oxygen atoms in total. The third-order valence-electron chi connectivity index (χ3n) is 4.34. The molecule has 3 aromatic rings. The Labute approximate surface area is 162 Å². The molecule has 2 heterocycles. The SMILES string of the molecule is CCCOc1cccc(-c2cc(CC3C=NC(c4ccccc4F)=N3)on2)c1. The lowest BCUT2D eigenvalue weighted by Gasteiger charge is -2.05. The second kappa shape index (κ2) is 8.17. The first kappa shape index (κ1) is 18.1. The molecule has 142 valence electrons. The van der Waals surface area contributed by atoms with E-state index in [1.54, 1.807) is 24.4 Å². The molecule has 0 saturated heterocycles. The molecule has 1 atom stereocenters. The highest BCUT2D eigenvalue weighted by Crippen LogP contribution is 2.25. The van der Waals surface area contributed by atoms with Gasteiger partial charge in [-0.3, -0.25) is 4.99 Å². The minimum Gasteiger partial charge on any atom is -0.494 e. The molecule has 0 amide bonds. The quantitative estimate of drug-likeness (QED) is 0.599. The normalized spacial score (nSPS) is 15.6. The van der Waals surface area contributed by atoms with Gasteiger partial charge in [-0.2, -0.15) is 0 Å². The molecule has 0 N–H and O–H groups in total. The molecule has 0 fully saturated rings. The molecule has 0 radical (unpaired) electrons. The van der Waals surface area contributed by atoms with E-state index in [1.165, 1.54) is 6.07 Å². The summed E-state index contributed by atoms with van der Waals surface area (Å²) in [4.78, 5) is 8.75. The van der Waals surface area contributed by atoms with Crippen LogP contribution in [0.4, 0.5) is 4.39 Å². The van der Waals surface area contributed by atoms with E-state index >= 15 is 0 Å². The summed E-state index contributed by atoms with van der Waals surface area (Å²) in [7, 11) is 0. The lowest BCUT2D eigenvalue weighted by molar-refractivity contribution is 0.317. The van der Waals surface area contributed by atoms with E-state index in [2.05, 4.69) is 22.1 Å². The van der Waals surface area contributed by atoms with Crippen LogP contribution in [0.15, 0.2) is 69.1 Å². The minimum atomic E-state index is -0.328. The fraction of sp³-hybridized carbons (Fsp3) is 0.227. The zero-order valence-electron chi connectivity index (χ0n) is 15.5. The molecule has 28 heavy (non-hydrogen) atoms. The zero-order chi connectivity index (χ0) is 19.3. The number of hydrogen-bond donors (Lipinski definition) is 0. The Kier molecular flexibility index (Phi) is 5.28. The highest BCUT2D eigenvalue weighted by Gasteiger charge is 2.19. The Hall–Kier alpha value is -3.28. The number of nitrogens with zero attached hydrogens (tertiary/aromatic N) is 3. The van der Waals surface area contributed by atoms with Gasteiger partial charge in [0.05, 0.1) is 18.2 Å². The molecule has 2 aromatic carbocycles. The van der Waals surface area contributed by atoms with E-state index in [0.717, 1.165) is 23.4 Å². The van der Waals surface area contributed by atoms with Crippen molar-refractivity contribution in [3.05, 3.63) is 71.7 Å². The Morgan fingerprint density at radius 1 is 1.11 bits per heavy atom. The Morgan fingerprint density at radius 2 is 2.00 bits per heavy atom. The summed E-state index contributed by atoms with van der Waals surface area (Å²) in [6.45, 7) is 2.75. The smallest absolute Gasteiger partial charge is 0.157 e. The molecular formula is C22H20FN3O2. The molecule has 4 rings (SSSR count). The molecule has 1 aromatic heterocycles. The number of benzene rings is 2. The van der Waals surface area contributed by atoms with Crippen molar-refractivity contribution in [3.8, 4) is 17.0 Å². The van der Waals surface area contributed by atoms with Crippen molar-refractivity contribution in [1.82, 2.24) is 5.16 Å². The molecule has 6 heteroatoms. The summed E-state index contributed by atoms with van der Waals surface area (Å²) < 4.78 is 25.0. The molecule has 1 aliphatic rings. The van der Waals surface area contributed by atoms with E-state index in [1.807, 2.05) is 30.3 Å². The standard InChI is InChI=1S/C22H20FN3O2/c1-2-10-27-17-7-5-6-15(11-17)21-13-18(28-26-21)12-16-14-24-22(25-16)19-8-3-4-9-20(19)23/h3-9,11,13-14,16H,2,10,12H2,1H3. The van der Waals surface area contributed by atoms with Gasteiger partial charge in [0.2, 0.25) is 0 Å². The number of ether oxygens (including phenoxy) is 1. The second-order valence-electron chi connectivity index (χ2n) is 6.54. The monoisotopic (exact) mass is 377 g/mol. The largest absolute Gasteiger partial charge is 0.494 e. The van der Waals surface area contributed by atoms with Gasteiger partial charge < -0.3 is 9.26 Å². The van der Waals surface area contributed by atoms with Gasteiger partial charge in [0, 0.05) is 24.3 Å². The maximum Gasteiger partial charge on any atom is 0.157 e. The molecule has 1 aliphatic heterocycles. The summed E-state index contributed by atoms with van der Waals surface area (Å²) in [6, 6.07) is 16.0. The molecule has 1 unspecified atom stereocenters. The van der Waals surface area contributed by atoms with Gasteiger partial charge in [-0.15, -0.1) is 0 Å². The number of hydrogen-bond acceptors (Lipinski definition) is 5. The minimum absolute atomic E-state index is 0.199. The third-order valence-corrected chi connectivity index (χ3v) is 4.34. The van der Waals surface area contributed by atoms with E-state index in [4.69, 9.17) is 9.26 Å². The van der Waals surface area contributed by atoms with Crippen LogP contribution in [0, 0.1) is 5.82 Å². The fourth-order valence-electron chi connectivity index (χ4n) is 2.98. The van der Waals surface area contributed by atoms with Crippen LogP contribution >= 0.6 is 0 Å².